The van der Waals surface area contributed by atoms with E-state index in [1.165, 1.54) is 12.6 Å². The molecule has 14 heavy (non-hydrogen) atoms. The fourth-order valence-electron chi connectivity index (χ4n) is 2.78. The molecule has 1 aliphatic heterocycles. The lowest BCUT2D eigenvalue weighted by Crippen LogP contribution is -2.47. The van der Waals surface area contributed by atoms with Crippen LogP contribution in [0.1, 0.15) is 41.5 Å². The quantitative estimate of drug-likeness (QED) is 0.490. The highest BCUT2D eigenvalue weighted by atomic mass is 15.1. The van der Waals surface area contributed by atoms with Crippen LogP contribution in [0.5, 0.6) is 0 Å². The summed E-state index contributed by atoms with van der Waals surface area (Å²) in [6, 6.07) is 1.33. The molecule has 0 radical (unpaired) electrons. The first-order valence-corrected chi connectivity index (χ1v) is 5.86. The maximum atomic E-state index is 2.65. The Labute approximate surface area is 89.7 Å². The normalized spacial score (nSPS) is 18.2. The maximum Gasteiger partial charge on any atom is 0.231 e. The van der Waals surface area contributed by atoms with E-state index in [2.05, 4.69) is 46.4 Å². The van der Waals surface area contributed by atoms with Crippen molar-refractivity contribution in [2.75, 3.05) is 0 Å². The van der Waals surface area contributed by atoms with Crippen molar-refractivity contribution in [1.29, 1.82) is 0 Å². The summed E-state index contributed by atoms with van der Waals surface area (Å²) < 4.78 is 0. The lowest BCUT2D eigenvalue weighted by atomic mass is 9.55. The minimum absolute atomic E-state index is 0.665. The van der Waals surface area contributed by atoms with E-state index < -0.39 is 0 Å². The third-order valence-corrected chi connectivity index (χ3v) is 3.43. The topological polar surface area (TPSA) is 3.24 Å². The molecular formula is C12H24BN. The Hall–Kier alpha value is -0.235. The van der Waals surface area contributed by atoms with Crippen LogP contribution in [0.4, 0.5) is 0 Å². The largest absolute Gasteiger partial charge is 0.337 e. The number of hydrogen-bond acceptors (Lipinski definition) is 1. The molecule has 0 saturated carbocycles. The zero-order valence-electron chi connectivity index (χ0n) is 10.6. The van der Waals surface area contributed by atoms with E-state index in [0.29, 0.717) is 12.1 Å². The zero-order valence-corrected chi connectivity index (χ0v) is 10.6. The van der Waals surface area contributed by atoms with Gasteiger partial charge in [0.05, 0.1) is 0 Å². The standard InChI is InChI=1S/C12H24BN/c1-9(2)14(10(3)4)13-7-11(5)12(6)8-13/h9-10H,7-8H2,1-6H3. The van der Waals surface area contributed by atoms with Gasteiger partial charge in [-0.25, -0.2) is 0 Å². The van der Waals surface area contributed by atoms with E-state index >= 15 is 0 Å². The highest BCUT2D eigenvalue weighted by Crippen LogP contribution is 2.30. The Morgan fingerprint density at radius 2 is 1.29 bits per heavy atom. The molecule has 0 spiro atoms. The van der Waals surface area contributed by atoms with Crippen LogP contribution in [0.15, 0.2) is 11.1 Å². The van der Waals surface area contributed by atoms with Crippen molar-refractivity contribution >= 4 is 6.85 Å². The number of rotatable bonds is 3. The number of hydrogen-bond donors (Lipinski definition) is 0. The first-order valence-electron chi connectivity index (χ1n) is 5.86. The number of allylic oxidation sites excluding steroid dienone is 2. The van der Waals surface area contributed by atoms with Crippen molar-refractivity contribution in [1.82, 2.24) is 4.81 Å². The Morgan fingerprint density at radius 3 is 1.57 bits per heavy atom. The fourth-order valence-corrected chi connectivity index (χ4v) is 2.78. The van der Waals surface area contributed by atoms with Gasteiger partial charge < -0.3 is 4.81 Å². The molecule has 0 bridgehead atoms. The van der Waals surface area contributed by atoms with Gasteiger partial charge >= 0.3 is 0 Å². The molecule has 0 amide bonds. The molecule has 0 fully saturated rings. The van der Waals surface area contributed by atoms with Crippen molar-refractivity contribution in [2.24, 2.45) is 0 Å². The summed E-state index contributed by atoms with van der Waals surface area (Å²) in [7, 11) is 0. The smallest absolute Gasteiger partial charge is 0.231 e. The van der Waals surface area contributed by atoms with Gasteiger partial charge in [0.15, 0.2) is 0 Å². The van der Waals surface area contributed by atoms with Crippen LogP contribution >= 0.6 is 0 Å². The highest BCUT2D eigenvalue weighted by Gasteiger charge is 2.31. The monoisotopic (exact) mass is 193 g/mol. The average molecular weight is 193 g/mol. The summed E-state index contributed by atoms with van der Waals surface area (Å²) in [6.07, 6.45) is 2.56. The van der Waals surface area contributed by atoms with Gasteiger partial charge in [0, 0.05) is 0 Å². The predicted octanol–water partition coefficient (Wildman–Crippen LogP) is 3.45. The van der Waals surface area contributed by atoms with Crippen LogP contribution < -0.4 is 0 Å². The predicted molar refractivity (Wildman–Crippen MR) is 65.9 cm³/mol. The van der Waals surface area contributed by atoms with Crippen molar-refractivity contribution in [3.63, 3.8) is 0 Å². The first kappa shape index (κ1) is 11.8. The molecular weight excluding hydrogens is 169 g/mol. The summed E-state index contributed by atoms with van der Waals surface area (Å²) in [6.45, 7) is 14.6. The van der Waals surface area contributed by atoms with Crippen LogP contribution in [0.25, 0.3) is 0 Å². The second-order valence-corrected chi connectivity index (χ2v) is 5.26. The molecule has 1 nitrogen and oxygen atoms in total. The molecule has 0 saturated heterocycles. The van der Waals surface area contributed by atoms with Crippen LogP contribution in [-0.2, 0) is 0 Å². The Bertz CT molecular complexity index is 208. The van der Waals surface area contributed by atoms with Crippen LogP contribution in [0, 0.1) is 0 Å². The molecule has 1 aliphatic rings. The average Bonchev–Trinajstić information content (AvgIpc) is 2.29. The summed E-state index contributed by atoms with van der Waals surface area (Å²) >= 11 is 0. The molecule has 1 rings (SSSR count). The van der Waals surface area contributed by atoms with Gasteiger partial charge in [-0.2, -0.15) is 0 Å². The van der Waals surface area contributed by atoms with E-state index in [4.69, 9.17) is 0 Å². The lowest BCUT2D eigenvalue weighted by Gasteiger charge is -2.35. The van der Waals surface area contributed by atoms with Gasteiger partial charge in [0.1, 0.15) is 0 Å². The van der Waals surface area contributed by atoms with Crippen molar-refractivity contribution in [3.8, 4) is 0 Å². The summed E-state index contributed by atoms with van der Waals surface area (Å²) in [5.74, 6) is 0. The molecule has 0 aromatic carbocycles. The Morgan fingerprint density at radius 1 is 0.929 bits per heavy atom. The van der Waals surface area contributed by atoms with Crippen molar-refractivity contribution in [2.45, 2.75) is 66.3 Å². The summed E-state index contributed by atoms with van der Waals surface area (Å²) in [5.41, 5.74) is 3.22. The Balaban J connectivity index is 2.66. The van der Waals surface area contributed by atoms with Crippen molar-refractivity contribution < 1.29 is 0 Å². The van der Waals surface area contributed by atoms with Crippen LogP contribution in [-0.4, -0.2) is 23.7 Å². The summed E-state index contributed by atoms with van der Waals surface area (Å²) in [4.78, 5) is 2.65. The van der Waals surface area contributed by atoms with E-state index in [1.54, 1.807) is 11.1 Å². The molecule has 1 heterocycles. The van der Waals surface area contributed by atoms with Crippen LogP contribution in [0.3, 0.4) is 0 Å². The van der Waals surface area contributed by atoms with Crippen LogP contribution in [0.2, 0.25) is 12.6 Å². The molecule has 0 atom stereocenters. The molecule has 0 unspecified atom stereocenters. The first-order chi connectivity index (χ1) is 6.43. The molecule has 0 N–H and O–H groups in total. The molecule has 0 aromatic rings. The minimum Gasteiger partial charge on any atom is -0.337 e. The lowest BCUT2D eigenvalue weighted by molar-refractivity contribution is 0.303. The van der Waals surface area contributed by atoms with E-state index in [9.17, 15) is 0 Å². The molecule has 80 valence electrons. The maximum absolute atomic E-state index is 2.65. The van der Waals surface area contributed by atoms with Gasteiger partial charge in [-0.15, -0.1) is 0 Å². The Kier molecular flexibility index (Phi) is 3.82. The zero-order chi connectivity index (χ0) is 10.9. The van der Waals surface area contributed by atoms with Gasteiger partial charge in [0.25, 0.3) is 0 Å². The van der Waals surface area contributed by atoms with Crippen molar-refractivity contribution in [3.05, 3.63) is 11.1 Å². The third kappa shape index (κ3) is 2.41. The van der Waals surface area contributed by atoms with Gasteiger partial charge in [-0.3, -0.25) is 0 Å². The summed E-state index contributed by atoms with van der Waals surface area (Å²) in [5, 5.41) is 0. The van der Waals surface area contributed by atoms with Gasteiger partial charge in [0.2, 0.25) is 6.85 Å². The van der Waals surface area contributed by atoms with Gasteiger partial charge in [-0.1, -0.05) is 38.8 Å². The molecule has 0 aromatic heterocycles. The fraction of sp³-hybridized carbons (Fsp3) is 0.833. The molecule has 2 heteroatoms. The van der Waals surface area contributed by atoms with Gasteiger partial charge in [-0.05, 0) is 38.6 Å². The second kappa shape index (κ2) is 4.52. The van der Waals surface area contributed by atoms with E-state index in [1.807, 2.05) is 0 Å². The second-order valence-electron chi connectivity index (χ2n) is 5.26. The molecule has 0 aliphatic carbocycles. The third-order valence-electron chi connectivity index (χ3n) is 3.43. The van der Waals surface area contributed by atoms with E-state index in [0.717, 1.165) is 6.85 Å². The van der Waals surface area contributed by atoms with E-state index in [-0.39, 0.29) is 0 Å². The minimum atomic E-state index is 0.665. The SMILES string of the molecule is CC1=C(C)CB(N(C(C)C)C(C)C)C1. The number of nitrogens with zero attached hydrogens (tertiary/aromatic N) is 1. The highest BCUT2D eigenvalue weighted by molar-refractivity contribution is 6.58.